The van der Waals surface area contributed by atoms with Crippen molar-refractivity contribution in [2.75, 3.05) is 6.54 Å². The summed E-state index contributed by atoms with van der Waals surface area (Å²) < 4.78 is 0. The Hall–Kier alpha value is -0.730. The third-order valence-corrected chi connectivity index (χ3v) is 2.65. The van der Waals surface area contributed by atoms with E-state index in [1.54, 1.807) is 0 Å². The van der Waals surface area contributed by atoms with E-state index in [9.17, 15) is 4.79 Å². The lowest BCUT2D eigenvalue weighted by Crippen LogP contribution is -2.44. The summed E-state index contributed by atoms with van der Waals surface area (Å²) in [6.07, 6.45) is 3.21. The van der Waals surface area contributed by atoms with Gasteiger partial charge in [0, 0.05) is 12.6 Å². The predicted molar refractivity (Wildman–Crippen MR) is 60.4 cm³/mol. The van der Waals surface area contributed by atoms with Crippen LogP contribution in [0.25, 0.3) is 0 Å². The van der Waals surface area contributed by atoms with Crippen LogP contribution in [0.4, 0.5) is 4.79 Å². The predicted octanol–water partition coefficient (Wildman–Crippen LogP) is 2.52. The van der Waals surface area contributed by atoms with Crippen LogP contribution in [0.3, 0.4) is 0 Å². The van der Waals surface area contributed by atoms with Crippen LogP contribution >= 0.6 is 0 Å². The van der Waals surface area contributed by atoms with Gasteiger partial charge in [-0.2, -0.15) is 0 Å². The Bertz CT molecular complexity index is 155. The first kappa shape index (κ1) is 13.3. The number of urea groups is 1. The van der Waals surface area contributed by atoms with E-state index in [0.29, 0.717) is 5.92 Å². The second kappa shape index (κ2) is 7.65. The highest BCUT2D eigenvalue weighted by Crippen LogP contribution is 2.12. The topological polar surface area (TPSA) is 41.1 Å². The molecule has 0 aliphatic carbocycles. The fourth-order valence-corrected chi connectivity index (χ4v) is 1.61. The van der Waals surface area contributed by atoms with Gasteiger partial charge >= 0.3 is 6.03 Å². The fraction of sp³-hybridized carbons (Fsp3) is 0.909. The Morgan fingerprint density at radius 2 is 1.79 bits per heavy atom. The monoisotopic (exact) mass is 200 g/mol. The van der Waals surface area contributed by atoms with Gasteiger partial charge in [-0.3, -0.25) is 0 Å². The zero-order valence-electron chi connectivity index (χ0n) is 9.89. The van der Waals surface area contributed by atoms with Crippen molar-refractivity contribution in [1.82, 2.24) is 10.6 Å². The fourth-order valence-electron chi connectivity index (χ4n) is 1.61. The van der Waals surface area contributed by atoms with E-state index < -0.39 is 0 Å². The zero-order chi connectivity index (χ0) is 11.0. The van der Waals surface area contributed by atoms with Crippen LogP contribution in [0, 0.1) is 5.92 Å². The molecule has 0 heterocycles. The average molecular weight is 200 g/mol. The number of rotatable bonds is 6. The Balaban J connectivity index is 3.79. The van der Waals surface area contributed by atoms with E-state index >= 15 is 0 Å². The smallest absolute Gasteiger partial charge is 0.315 e. The molecule has 0 aromatic rings. The van der Waals surface area contributed by atoms with E-state index in [0.717, 1.165) is 25.8 Å². The number of carbonyl (C=O) groups excluding carboxylic acids is 1. The molecule has 0 bridgehead atoms. The standard InChI is InChI=1S/C11H24N2O/c1-5-8-12-11(14)13-9(4)10(6-2)7-3/h9-10H,5-8H2,1-4H3,(H2,12,13,14). The van der Waals surface area contributed by atoms with Gasteiger partial charge in [0.1, 0.15) is 0 Å². The van der Waals surface area contributed by atoms with Crippen molar-refractivity contribution < 1.29 is 4.79 Å². The minimum atomic E-state index is -0.0359. The highest BCUT2D eigenvalue weighted by atomic mass is 16.2. The van der Waals surface area contributed by atoms with Gasteiger partial charge in [0.2, 0.25) is 0 Å². The maximum absolute atomic E-state index is 11.3. The molecule has 0 spiro atoms. The first-order valence-corrected chi connectivity index (χ1v) is 5.69. The van der Waals surface area contributed by atoms with E-state index in [1.165, 1.54) is 0 Å². The van der Waals surface area contributed by atoms with Crippen molar-refractivity contribution >= 4 is 6.03 Å². The molecule has 3 heteroatoms. The molecule has 0 aliphatic rings. The van der Waals surface area contributed by atoms with Crippen LogP contribution < -0.4 is 10.6 Å². The molecule has 1 unspecified atom stereocenters. The second-order valence-electron chi connectivity index (χ2n) is 3.77. The molecule has 14 heavy (non-hydrogen) atoms. The minimum absolute atomic E-state index is 0.0359. The molecule has 0 aromatic carbocycles. The number of amides is 2. The zero-order valence-corrected chi connectivity index (χ0v) is 9.89. The normalized spacial score (nSPS) is 12.6. The molecule has 1 atom stereocenters. The van der Waals surface area contributed by atoms with Crippen molar-refractivity contribution in [3.63, 3.8) is 0 Å². The number of carbonyl (C=O) groups is 1. The van der Waals surface area contributed by atoms with Gasteiger partial charge in [-0.15, -0.1) is 0 Å². The molecule has 0 radical (unpaired) electrons. The van der Waals surface area contributed by atoms with Gasteiger partial charge in [0.05, 0.1) is 0 Å². The lowest BCUT2D eigenvalue weighted by Gasteiger charge is -2.22. The maximum Gasteiger partial charge on any atom is 0.315 e. The van der Waals surface area contributed by atoms with Gasteiger partial charge in [0.25, 0.3) is 0 Å². The number of hydrogen-bond acceptors (Lipinski definition) is 1. The van der Waals surface area contributed by atoms with E-state index in [-0.39, 0.29) is 12.1 Å². The van der Waals surface area contributed by atoms with Crippen molar-refractivity contribution in [1.29, 1.82) is 0 Å². The molecule has 3 nitrogen and oxygen atoms in total. The lowest BCUT2D eigenvalue weighted by atomic mass is 9.96. The minimum Gasteiger partial charge on any atom is -0.338 e. The Kier molecular flexibility index (Phi) is 7.25. The summed E-state index contributed by atoms with van der Waals surface area (Å²) in [5.41, 5.74) is 0. The molecular weight excluding hydrogens is 176 g/mol. The Labute approximate surface area is 87.6 Å². The summed E-state index contributed by atoms with van der Waals surface area (Å²) in [4.78, 5) is 11.3. The molecular formula is C11H24N2O. The van der Waals surface area contributed by atoms with Crippen LogP contribution in [0.1, 0.15) is 47.0 Å². The summed E-state index contributed by atoms with van der Waals surface area (Å²) in [7, 11) is 0. The van der Waals surface area contributed by atoms with Crippen molar-refractivity contribution in [3.05, 3.63) is 0 Å². The number of hydrogen-bond donors (Lipinski definition) is 2. The van der Waals surface area contributed by atoms with Crippen molar-refractivity contribution in [2.45, 2.75) is 53.0 Å². The molecule has 0 saturated heterocycles. The summed E-state index contributed by atoms with van der Waals surface area (Å²) in [5, 5.41) is 5.78. The number of nitrogens with one attached hydrogen (secondary N) is 2. The summed E-state index contributed by atoms with van der Waals surface area (Å²) in [6.45, 7) is 9.20. The highest BCUT2D eigenvalue weighted by Gasteiger charge is 2.14. The van der Waals surface area contributed by atoms with E-state index in [4.69, 9.17) is 0 Å². The molecule has 2 amide bonds. The van der Waals surface area contributed by atoms with Crippen LogP contribution in [0.15, 0.2) is 0 Å². The van der Waals surface area contributed by atoms with Crippen LogP contribution in [-0.2, 0) is 0 Å². The molecule has 2 N–H and O–H groups in total. The van der Waals surface area contributed by atoms with Gasteiger partial charge in [0.15, 0.2) is 0 Å². The third-order valence-electron chi connectivity index (χ3n) is 2.65. The van der Waals surface area contributed by atoms with Gasteiger partial charge in [-0.05, 0) is 19.3 Å². The van der Waals surface area contributed by atoms with Crippen LogP contribution in [0.5, 0.6) is 0 Å². The molecule has 0 rings (SSSR count). The Morgan fingerprint density at radius 3 is 2.21 bits per heavy atom. The van der Waals surface area contributed by atoms with Gasteiger partial charge < -0.3 is 10.6 Å². The SMILES string of the molecule is CCCNC(=O)NC(C)C(CC)CC. The molecule has 0 fully saturated rings. The molecule has 0 aromatic heterocycles. The van der Waals surface area contributed by atoms with Crippen LogP contribution in [-0.4, -0.2) is 18.6 Å². The maximum atomic E-state index is 11.3. The largest absolute Gasteiger partial charge is 0.338 e. The lowest BCUT2D eigenvalue weighted by molar-refractivity contribution is 0.231. The molecule has 84 valence electrons. The van der Waals surface area contributed by atoms with Crippen molar-refractivity contribution in [2.24, 2.45) is 5.92 Å². The van der Waals surface area contributed by atoms with Gasteiger partial charge in [-0.1, -0.05) is 33.6 Å². The highest BCUT2D eigenvalue weighted by molar-refractivity contribution is 5.74. The quantitative estimate of drug-likeness (QED) is 0.679. The molecule has 0 aliphatic heterocycles. The first-order valence-electron chi connectivity index (χ1n) is 5.69. The molecule has 0 saturated carbocycles. The average Bonchev–Trinajstić information content (AvgIpc) is 2.16. The van der Waals surface area contributed by atoms with Gasteiger partial charge in [-0.25, -0.2) is 4.79 Å². The third kappa shape index (κ3) is 5.10. The first-order chi connectivity index (χ1) is 6.65. The summed E-state index contributed by atoms with van der Waals surface area (Å²) in [5.74, 6) is 0.586. The Morgan fingerprint density at radius 1 is 1.21 bits per heavy atom. The van der Waals surface area contributed by atoms with E-state index in [2.05, 4.69) is 31.4 Å². The van der Waals surface area contributed by atoms with Crippen molar-refractivity contribution in [3.8, 4) is 0 Å². The van der Waals surface area contributed by atoms with Crippen LogP contribution in [0.2, 0.25) is 0 Å². The summed E-state index contributed by atoms with van der Waals surface area (Å²) in [6, 6.07) is 0.230. The second-order valence-corrected chi connectivity index (χ2v) is 3.77. The van der Waals surface area contributed by atoms with E-state index in [1.807, 2.05) is 6.92 Å². The summed E-state index contributed by atoms with van der Waals surface area (Å²) >= 11 is 0.